The summed E-state index contributed by atoms with van der Waals surface area (Å²) < 4.78 is 2.67. The van der Waals surface area contributed by atoms with Gasteiger partial charge in [-0.15, -0.1) is 0 Å². The lowest BCUT2D eigenvalue weighted by atomic mass is 10.1. The lowest BCUT2D eigenvalue weighted by molar-refractivity contribution is 0.0953. The maximum atomic E-state index is 12.1. The third-order valence-electron chi connectivity index (χ3n) is 2.90. The quantitative estimate of drug-likeness (QED) is 0.940. The molecule has 1 aromatic carbocycles. The van der Waals surface area contributed by atoms with Gasteiger partial charge in [0.25, 0.3) is 5.91 Å². The molecule has 0 bridgehead atoms. The van der Waals surface area contributed by atoms with E-state index >= 15 is 0 Å². The van der Waals surface area contributed by atoms with Gasteiger partial charge >= 0.3 is 0 Å². The Morgan fingerprint density at radius 2 is 2.26 bits per heavy atom. The molecule has 1 N–H and O–H groups in total. The minimum absolute atomic E-state index is 0.0392. The van der Waals surface area contributed by atoms with Crippen LogP contribution in [0.25, 0.3) is 0 Å². The van der Waals surface area contributed by atoms with Crippen molar-refractivity contribution in [3.8, 4) is 0 Å². The van der Waals surface area contributed by atoms with Crippen molar-refractivity contribution in [1.29, 1.82) is 0 Å². The highest BCUT2D eigenvalue weighted by atomic mass is 79.9. The Bertz CT molecular complexity index is 592. The van der Waals surface area contributed by atoms with Crippen LogP contribution in [-0.4, -0.2) is 22.2 Å². The maximum Gasteiger partial charge on any atom is 0.251 e. The first-order valence-electron chi connectivity index (χ1n) is 6.08. The highest BCUT2D eigenvalue weighted by Gasteiger charge is 2.09. The van der Waals surface area contributed by atoms with E-state index in [1.807, 2.05) is 44.6 Å². The number of halogens is 1. The summed E-state index contributed by atoms with van der Waals surface area (Å²) in [4.78, 5) is 12.1. The Labute approximate surface area is 120 Å². The fourth-order valence-corrected chi connectivity index (χ4v) is 2.22. The molecular formula is C14H16BrN3O. The summed E-state index contributed by atoms with van der Waals surface area (Å²) in [5.41, 5.74) is 2.80. The first kappa shape index (κ1) is 13.8. The Morgan fingerprint density at radius 1 is 1.47 bits per heavy atom. The van der Waals surface area contributed by atoms with Gasteiger partial charge in [-0.1, -0.05) is 22.0 Å². The molecule has 1 heterocycles. The van der Waals surface area contributed by atoms with Crippen LogP contribution in [0.3, 0.4) is 0 Å². The average Bonchev–Trinajstić information content (AvgIpc) is 2.78. The molecule has 5 heteroatoms. The molecule has 0 spiro atoms. The minimum atomic E-state index is -0.0392. The fourth-order valence-electron chi connectivity index (χ4n) is 1.86. The van der Waals surface area contributed by atoms with Crippen LogP contribution in [0.4, 0.5) is 0 Å². The van der Waals surface area contributed by atoms with Crippen LogP contribution < -0.4 is 5.32 Å². The summed E-state index contributed by atoms with van der Waals surface area (Å²) in [6, 6.07) is 5.70. The van der Waals surface area contributed by atoms with Crippen molar-refractivity contribution in [2.45, 2.75) is 13.3 Å². The van der Waals surface area contributed by atoms with E-state index < -0.39 is 0 Å². The van der Waals surface area contributed by atoms with Crippen molar-refractivity contribution in [3.05, 3.63) is 51.8 Å². The van der Waals surface area contributed by atoms with Crippen LogP contribution in [0.2, 0.25) is 0 Å². The minimum Gasteiger partial charge on any atom is -0.352 e. The van der Waals surface area contributed by atoms with Gasteiger partial charge in [0.2, 0.25) is 0 Å². The Morgan fingerprint density at radius 3 is 2.95 bits per heavy atom. The van der Waals surface area contributed by atoms with Crippen LogP contribution in [0.5, 0.6) is 0 Å². The number of rotatable bonds is 4. The molecule has 0 atom stereocenters. The molecule has 0 saturated carbocycles. The zero-order chi connectivity index (χ0) is 13.8. The van der Waals surface area contributed by atoms with E-state index in [0.717, 1.165) is 22.0 Å². The predicted octanol–water partition coefficient (Wildman–Crippen LogP) is 2.46. The van der Waals surface area contributed by atoms with Gasteiger partial charge in [0.15, 0.2) is 0 Å². The molecule has 2 aromatic rings. The number of hydrogen-bond acceptors (Lipinski definition) is 2. The molecule has 0 aliphatic carbocycles. The lowest BCUT2D eigenvalue weighted by Crippen LogP contribution is -2.26. The van der Waals surface area contributed by atoms with Gasteiger partial charge in [-0.25, -0.2) is 0 Å². The van der Waals surface area contributed by atoms with E-state index in [0.29, 0.717) is 12.1 Å². The number of nitrogens with zero attached hydrogens (tertiary/aromatic N) is 2. The standard InChI is InChI=1S/C14H16BrN3O/c1-10-3-4-12(15)7-13(10)14(19)16-6-5-11-8-17-18(2)9-11/h3-4,7-9H,5-6H2,1-2H3,(H,16,19). The average molecular weight is 322 g/mol. The number of aromatic nitrogens is 2. The molecule has 0 saturated heterocycles. The fraction of sp³-hybridized carbons (Fsp3) is 0.286. The molecule has 0 unspecified atom stereocenters. The van der Waals surface area contributed by atoms with E-state index in [-0.39, 0.29) is 5.91 Å². The van der Waals surface area contributed by atoms with Gasteiger partial charge in [-0.3, -0.25) is 9.48 Å². The van der Waals surface area contributed by atoms with Gasteiger partial charge in [0.05, 0.1) is 6.20 Å². The van der Waals surface area contributed by atoms with Crippen molar-refractivity contribution in [3.63, 3.8) is 0 Å². The molecule has 0 fully saturated rings. The number of hydrogen-bond donors (Lipinski definition) is 1. The monoisotopic (exact) mass is 321 g/mol. The summed E-state index contributed by atoms with van der Waals surface area (Å²) in [5, 5.41) is 7.02. The number of carbonyl (C=O) groups is 1. The van der Waals surface area contributed by atoms with Crippen LogP contribution in [0.1, 0.15) is 21.5 Å². The van der Waals surface area contributed by atoms with Crippen LogP contribution >= 0.6 is 15.9 Å². The van der Waals surface area contributed by atoms with Gasteiger partial charge in [-0.2, -0.15) is 5.10 Å². The first-order chi connectivity index (χ1) is 9.06. The van der Waals surface area contributed by atoms with Crippen molar-refractivity contribution in [1.82, 2.24) is 15.1 Å². The van der Waals surface area contributed by atoms with E-state index in [2.05, 4.69) is 26.3 Å². The summed E-state index contributed by atoms with van der Waals surface area (Å²) in [6.07, 6.45) is 4.56. The van der Waals surface area contributed by atoms with E-state index in [1.165, 1.54) is 0 Å². The van der Waals surface area contributed by atoms with E-state index in [1.54, 1.807) is 4.68 Å². The van der Waals surface area contributed by atoms with Crippen LogP contribution in [-0.2, 0) is 13.5 Å². The van der Waals surface area contributed by atoms with Crippen LogP contribution in [0.15, 0.2) is 35.1 Å². The zero-order valence-electron chi connectivity index (χ0n) is 11.0. The van der Waals surface area contributed by atoms with Crippen molar-refractivity contribution >= 4 is 21.8 Å². The molecule has 0 radical (unpaired) electrons. The molecular weight excluding hydrogens is 306 g/mol. The van der Waals surface area contributed by atoms with Gasteiger partial charge < -0.3 is 5.32 Å². The second-order valence-electron chi connectivity index (χ2n) is 4.49. The van der Waals surface area contributed by atoms with Crippen LogP contribution in [0, 0.1) is 6.92 Å². The van der Waals surface area contributed by atoms with Gasteiger partial charge in [-0.05, 0) is 36.6 Å². The molecule has 4 nitrogen and oxygen atoms in total. The SMILES string of the molecule is Cc1ccc(Br)cc1C(=O)NCCc1cnn(C)c1. The molecule has 0 aliphatic heterocycles. The smallest absolute Gasteiger partial charge is 0.251 e. The topological polar surface area (TPSA) is 46.9 Å². The van der Waals surface area contributed by atoms with Gasteiger partial charge in [0, 0.05) is 29.8 Å². The Kier molecular flexibility index (Phi) is 4.37. The summed E-state index contributed by atoms with van der Waals surface area (Å²) in [7, 11) is 1.88. The highest BCUT2D eigenvalue weighted by Crippen LogP contribution is 2.15. The number of amides is 1. The molecule has 1 aromatic heterocycles. The normalized spacial score (nSPS) is 10.5. The van der Waals surface area contributed by atoms with E-state index in [4.69, 9.17) is 0 Å². The van der Waals surface area contributed by atoms with E-state index in [9.17, 15) is 4.79 Å². The molecule has 100 valence electrons. The maximum absolute atomic E-state index is 12.1. The molecule has 0 aliphatic rings. The third kappa shape index (κ3) is 3.67. The molecule has 1 amide bonds. The van der Waals surface area contributed by atoms with Crippen molar-refractivity contribution in [2.75, 3.05) is 6.54 Å². The number of nitrogens with one attached hydrogen (secondary N) is 1. The Balaban J connectivity index is 1.92. The first-order valence-corrected chi connectivity index (χ1v) is 6.87. The van der Waals surface area contributed by atoms with Crippen molar-refractivity contribution in [2.24, 2.45) is 7.05 Å². The largest absolute Gasteiger partial charge is 0.352 e. The lowest BCUT2D eigenvalue weighted by Gasteiger charge is -2.07. The zero-order valence-corrected chi connectivity index (χ0v) is 12.6. The number of carbonyl (C=O) groups excluding carboxylic acids is 1. The summed E-state index contributed by atoms with van der Waals surface area (Å²) in [6.45, 7) is 2.54. The summed E-state index contributed by atoms with van der Waals surface area (Å²) in [5.74, 6) is -0.0392. The molecule has 19 heavy (non-hydrogen) atoms. The number of aryl methyl sites for hydroxylation is 2. The Hall–Kier alpha value is -1.62. The number of benzene rings is 1. The second-order valence-corrected chi connectivity index (χ2v) is 5.40. The summed E-state index contributed by atoms with van der Waals surface area (Å²) >= 11 is 3.38. The molecule has 2 rings (SSSR count). The van der Waals surface area contributed by atoms with Gasteiger partial charge in [0.1, 0.15) is 0 Å². The third-order valence-corrected chi connectivity index (χ3v) is 3.40. The van der Waals surface area contributed by atoms with Crippen molar-refractivity contribution < 1.29 is 4.79 Å². The second kappa shape index (κ2) is 6.02. The predicted molar refractivity (Wildman–Crippen MR) is 78.1 cm³/mol. The highest BCUT2D eigenvalue weighted by molar-refractivity contribution is 9.10.